The minimum absolute atomic E-state index is 0.0510. The first-order chi connectivity index (χ1) is 18.1. The third kappa shape index (κ3) is 6.27. The van der Waals surface area contributed by atoms with Gasteiger partial charge in [-0.2, -0.15) is 0 Å². The lowest BCUT2D eigenvalue weighted by molar-refractivity contribution is -0.121. The van der Waals surface area contributed by atoms with Crippen molar-refractivity contribution in [2.45, 2.75) is 25.8 Å². The normalized spacial score (nSPS) is 15.1. The summed E-state index contributed by atoms with van der Waals surface area (Å²) in [6.07, 6.45) is 2.54. The number of aromatic nitrogens is 1. The number of halogens is 1. The van der Waals surface area contributed by atoms with Gasteiger partial charge in [0.15, 0.2) is 0 Å². The molecule has 1 atom stereocenters. The lowest BCUT2D eigenvalue weighted by Crippen LogP contribution is -2.41. The van der Waals surface area contributed by atoms with Crippen molar-refractivity contribution < 1.29 is 13.9 Å². The van der Waals surface area contributed by atoms with Crippen molar-refractivity contribution in [3.8, 4) is 0 Å². The number of aryl methyl sites for hydroxylation is 1. The Labute approximate surface area is 217 Å². The molecule has 1 N–H and O–H groups in total. The summed E-state index contributed by atoms with van der Waals surface area (Å²) < 4.78 is 21.1. The van der Waals surface area contributed by atoms with Gasteiger partial charge in [-0.25, -0.2) is 4.39 Å². The van der Waals surface area contributed by atoms with Gasteiger partial charge in [-0.3, -0.25) is 9.69 Å². The van der Waals surface area contributed by atoms with Gasteiger partial charge in [-0.1, -0.05) is 60.2 Å². The number of nitrogens with one attached hydrogen (secondary N) is 1. The van der Waals surface area contributed by atoms with Crippen LogP contribution in [-0.4, -0.2) is 54.8 Å². The Kier molecular flexibility index (Phi) is 7.97. The summed E-state index contributed by atoms with van der Waals surface area (Å²) in [4.78, 5) is 15.5. The molecule has 4 aromatic rings. The first kappa shape index (κ1) is 25.2. The van der Waals surface area contributed by atoms with Gasteiger partial charge < -0.3 is 14.6 Å². The summed E-state index contributed by atoms with van der Waals surface area (Å²) in [7, 11) is 0. The van der Waals surface area contributed by atoms with E-state index in [1.807, 2.05) is 24.3 Å². The van der Waals surface area contributed by atoms with Crippen molar-refractivity contribution in [3.63, 3.8) is 0 Å². The minimum Gasteiger partial charge on any atom is -0.379 e. The Morgan fingerprint density at radius 2 is 1.81 bits per heavy atom. The molecule has 6 heteroatoms. The van der Waals surface area contributed by atoms with Crippen molar-refractivity contribution in [1.29, 1.82) is 0 Å². The molecule has 1 fully saturated rings. The zero-order chi connectivity index (χ0) is 25.6. The Morgan fingerprint density at radius 3 is 2.59 bits per heavy atom. The lowest BCUT2D eigenvalue weighted by atomic mass is 9.87. The number of amides is 1. The molecule has 0 aliphatic carbocycles. The SMILES string of the molecule is Cc1cccc(C(CC(=O)NCCN2CCOCC2)c2cn(Cc3ccc(F)cc3)c3ccccc23)c1. The van der Waals surface area contributed by atoms with Crippen LogP contribution in [0.4, 0.5) is 4.39 Å². The van der Waals surface area contributed by atoms with Gasteiger partial charge in [0.1, 0.15) is 5.82 Å². The Balaban J connectivity index is 1.41. The zero-order valence-corrected chi connectivity index (χ0v) is 21.3. The van der Waals surface area contributed by atoms with E-state index >= 15 is 0 Å². The number of rotatable bonds is 9. The molecule has 37 heavy (non-hydrogen) atoms. The number of hydrogen-bond donors (Lipinski definition) is 1. The predicted octanol–water partition coefficient (Wildman–Crippen LogP) is 5.11. The smallest absolute Gasteiger partial charge is 0.220 e. The molecule has 3 aromatic carbocycles. The fourth-order valence-corrected chi connectivity index (χ4v) is 5.20. The second kappa shape index (κ2) is 11.7. The maximum atomic E-state index is 13.5. The average molecular weight is 500 g/mol. The number of ether oxygens (including phenoxy) is 1. The monoisotopic (exact) mass is 499 g/mol. The number of carbonyl (C=O) groups is 1. The van der Waals surface area contributed by atoms with E-state index in [-0.39, 0.29) is 17.6 Å². The van der Waals surface area contributed by atoms with Crippen molar-refractivity contribution in [1.82, 2.24) is 14.8 Å². The third-order valence-electron chi connectivity index (χ3n) is 7.15. The van der Waals surface area contributed by atoms with Crippen LogP contribution in [0.5, 0.6) is 0 Å². The standard InChI is InChI=1S/C31H34FN3O2/c1-23-5-4-6-25(19-23)28(20-31(36)33-13-14-34-15-17-37-18-16-34)29-22-35(30-8-3-2-7-27(29)30)21-24-9-11-26(32)12-10-24/h2-12,19,22,28H,13-18,20-21H2,1H3,(H,33,36). The fraction of sp³-hybridized carbons (Fsp3) is 0.323. The van der Waals surface area contributed by atoms with Gasteiger partial charge in [-0.15, -0.1) is 0 Å². The highest BCUT2D eigenvalue weighted by Crippen LogP contribution is 2.35. The molecular weight excluding hydrogens is 465 g/mol. The van der Waals surface area contributed by atoms with Crippen molar-refractivity contribution >= 4 is 16.8 Å². The van der Waals surface area contributed by atoms with E-state index in [9.17, 15) is 9.18 Å². The molecule has 0 radical (unpaired) electrons. The molecule has 1 amide bonds. The lowest BCUT2D eigenvalue weighted by Gasteiger charge is -2.26. The molecule has 1 aromatic heterocycles. The summed E-state index contributed by atoms with van der Waals surface area (Å²) in [6, 6.07) is 23.4. The van der Waals surface area contributed by atoms with Gasteiger partial charge in [0.25, 0.3) is 0 Å². The second-order valence-electron chi connectivity index (χ2n) is 9.83. The van der Waals surface area contributed by atoms with E-state index in [1.54, 1.807) is 0 Å². The highest BCUT2D eigenvalue weighted by atomic mass is 19.1. The van der Waals surface area contributed by atoms with Gasteiger partial charge in [-0.05, 0) is 41.8 Å². The van der Waals surface area contributed by atoms with E-state index in [0.717, 1.165) is 60.4 Å². The zero-order valence-electron chi connectivity index (χ0n) is 21.3. The van der Waals surface area contributed by atoms with Crippen LogP contribution in [-0.2, 0) is 16.1 Å². The Hall–Kier alpha value is -3.48. The van der Waals surface area contributed by atoms with Crippen LogP contribution in [0, 0.1) is 12.7 Å². The molecule has 2 heterocycles. The molecule has 192 valence electrons. The maximum Gasteiger partial charge on any atom is 0.220 e. The van der Waals surface area contributed by atoms with E-state index < -0.39 is 0 Å². The number of benzene rings is 3. The van der Waals surface area contributed by atoms with Crippen LogP contribution in [0.3, 0.4) is 0 Å². The molecule has 0 saturated carbocycles. The van der Waals surface area contributed by atoms with Crippen molar-refractivity contribution in [3.05, 3.63) is 107 Å². The van der Waals surface area contributed by atoms with Crippen LogP contribution in [0.2, 0.25) is 0 Å². The molecule has 0 bridgehead atoms. The number of nitrogens with zero attached hydrogens (tertiary/aromatic N) is 2. The quantitative estimate of drug-likeness (QED) is 0.348. The number of hydrogen-bond acceptors (Lipinski definition) is 3. The first-order valence-corrected chi connectivity index (χ1v) is 13.0. The molecule has 1 aliphatic heterocycles. The second-order valence-corrected chi connectivity index (χ2v) is 9.83. The van der Waals surface area contributed by atoms with Gasteiger partial charge in [0.05, 0.1) is 13.2 Å². The van der Waals surface area contributed by atoms with Crippen LogP contribution >= 0.6 is 0 Å². The van der Waals surface area contributed by atoms with Gasteiger partial charge in [0, 0.05) is 62.2 Å². The summed E-state index contributed by atoms with van der Waals surface area (Å²) in [5.74, 6) is -0.265. The average Bonchev–Trinajstić information content (AvgIpc) is 3.27. The Bertz CT molecular complexity index is 1340. The summed E-state index contributed by atoms with van der Waals surface area (Å²) in [6.45, 7) is 7.52. The van der Waals surface area contributed by atoms with Crippen LogP contribution in [0.15, 0.2) is 79.0 Å². The number of carbonyl (C=O) groups excluding carboxylic acids is 1. The van der Waals surface area contributed by atoms with Crippen molar-refractivity contribution in [2.24, 2.45) is 0 Å². The summed E-state index contributed by atoms with van der Waals surface area (Å²) in [5.41, 5.74) is 5.57. The van der Waals surface area contributed by atoms with E-state index in [0.29, 0.717) is 19.5 Å². The van der Waals surface area contributed by atoms with E-state index in [2.05, 4.69) is 64.3 Å². The summed E-state index contributed by atoms with van der Waals surface area (Å²) >= 11 is 0. The fourth-order valence-electron chi connectivity index (χ4n) is 5.20. The van der Waals surface area contributed by atoms with Crippen LogP contribution in [0.25, 0.3) is 10.9 Å². The molecule has 1 aliphatic rings. The summed E-state index contributed by atoms with van der Waals surface area (Å²) in [5, 5.41) is 4.29. The third-order valence-corrected chi connectivity index (χ3v) is 7.15. The highest BCUT2D eigenvalue weighted by molar-refractivity contribution is 5.86. The number of para-hydroxylation sites is 1. The predicted molar refractivity (Wildman–Crippen MR) is 145 cm³/mol. The van der Waals surface area contributed by atoms with E-state index in [4.69, 9.17) is 4.74 Å². The topological polar surface area (TPSA) is 46.5 Å². The van der Waals surface area contributed by atoms with Gasteiger partial charge in [0.2, 0.25) is 5.91 Å². The molecular formula is C31H34FN3O2. The molecule has 0 spiro atoms. The Morgan fingerprint density at radius 1 is 1.03 bits per heavy atom. The largest absolute Gasteiger partial charge is 0.379 e. The van der Waals surface area contributed by atoms with Gasteiger partial charge >= 0.3 is 0 Å². The van der Waals surface area contributed by atoms with Crippen LogP contribution in [0.1, 0.15) is 34.6 Å². The van der Waals surface area contributed by atoms with E-state index in [1.165, 1.54) is 17.7 Å². The van der Waals surface area contributed by atoms with Crippen molar-refractivity contribution in [2.75, 3.05) is 39.4 Å². The maximum absolute atomic E-state index is 13.5. The highest BCUT2D eigenvalue weighted by Gasteiger charge is 2.23. The first-order valence-electron chi connectivity index (χ1n) is 13.0. The molecule has 1 unspecified atom stereocenters. The van der Waals surface area contributed by atoms with Crippen LogP contribution < -0.4 is 5.32 Å². The number of morpholine rings is 1. The molecule has 1 saturated heterocycles. The molecule has 5 rings (SSSR count). The number of fused-ring (bicyclic) bond motifs is 1. The molecule has 5 nitrogen and oxygen atoms in total. The minimum atomic E-state index is -0.235.